The molecular formula is C14H12Cl3NO. The fourth-order valence-electron chi connectivity index (χ4n) is 1.74. The summed E-state index contributed by atoms with van der Waals surface area (Å²) in [5, 5.41) is 14.1. The first kappa shape index (κ1) is 14.3. The lowest BCUT2D eigenvalue weighted by atomic mass is 10.1. The van der Waals surface area contributed by atoms with Crippen LogP contribution in [0, 0.1) is 0 Å². The van der Waals surface area contributed by atoms with Crippen LogP contribution in [0.4, 0.5) is 5.69 Å². The normalized spacial score (nSPS) is 12.2. The average molecular weight is 317 g/mol. The van der Waals surface area contributed by atoms with E-state index in [9.17, 15) is 5.11 Å². The van der Waals surface area contributed by atoms with Gasteiger partial charge in [-0.15, -0.1) is 0 Å². The van der Waals surface area contributed by atoms with Gasteiger partial charge < -0.3 is 10.4 Å². The maximum absolute atomic E-state index is 9.47. The van der Waals surface area contributed by atoms with E-state index in [2.05, 4.69) is 5.32 Å². The van der Waals surface area contributed by atoms with Crippen molar-refractivity contribution in [3.05, 3.63) is 57.0 Å². The molecule has 2 N–H and O–H groups in total. The first-order valence-corrected chi connectivity index (χ1v) is 6.81. The Morgan fingerprint density at radius 3 is 2.37 bits per heavy atom. The summed E-state index contributed by atoms with van der Waals surface area (Å²) in [6.45, 7) is 1.97. The Labute approximate surface area is 126 Å². The van der Waals surface area contributed by atoms with Gasteiger partial charge in [-0.2, -0.15) is 0 Å². The molecular weight excluding hydrogens is 305 g/mol. The van der Waals surface area contributed by atoms with Gasteiger partial charge in [0.2, 0.25) is 0 Å². The van der Waals surface area contributed by atoms with E-state index in [0.717, 1.165) is 5.56 Å². The number of anilines is 1. The summed E-state index contributed by atoms with van der Waals surface area (Å²) in [6.07, 6.45) is 0. The zero-order chi connectivity index (χ0) is 14.0. The van der Waals surface area contributed by atoms with Gasteiger partial charge in [0.1, 0.15) is 5.75 Å². The Hall–Kier alpha value is -1.09. The minimum atomic E-state index is -0.0261. The van der Waals surface area contributed by atoms with E-state index in [1.807, 2.05) is 13.0 Å². The second-order valence-corrected chi connectivity index (χ2v) is 5.43. The molecule has 0 bridgehead atoms. The smallest absolute Gasteiger partial charge is 0.115 e. The van der Waals surface area contributed by atoms with Crippen LogP contribution in [-0.4, -0.2) is 5.11 Å². The number of aromatic hydroxyl groups is 1. The highest BCUT2D eigenvalue weighted by Crippen LogP contribution is 2.34. The standard InChI is InChI=1S/C14H12Cl3NO/c1-8(9-3-2-4-10(19)5-9)18-14-7-12(16)11(15)6-13(14)17/h2-8,18-19H,1H3. The largest absolute Gasteiger partial charge is 0.508 e. The van der Waals surface area contributed by atoms with Crippen LogP contribution >= 0.6 is 34.8 Å². The van der Waals surface area contributed by atoms with Gasteiger partial charge in [0, 0.05) is 6.04 Å². The van der Waals surface area contributed by atoms with Crippen molar-refractivity contribution in [2.45, 2.75) is 13.0 Å². The molecule has 0 radical (unpaired) electrons. The summed E-state index contributed by atoms with van der Waals surface area (Å²) in [4.78, 5) is 0. The van der Waals surface area contributed by atoms with Crippen LogP contribution < -0.4 is 5.32 Å². The Kier molecular flexibility index (Phi) is 4.46. The summed E-state index contributed by atoms with van der Waals surface area (Å²) in [6, 6.07) is 10.3. The monoisotopic (exact) mass is 315 g/mol. The molecule has 2 aromatic rings. The first-order valence-electron chi connectivity index (χ1n) is 5.67. The van der Waals surface area contributed by atoms with Crippen LogP contribution in [0.2, 0.25) is 15.1 Å². The van der Waals surface area contributed by atoms with Crippen LogP contribution in [0.3, 0.4) is 0 Å². The Bertz CT molecular complexity index is 601. The molecule has 1 atom stereocenters. The lowest BCUT2D eigenvalue weighted by molar-refractivity contribution is 0.474. The number of phenolic OH excluding ortho intramolecular Hbond substituents is 1. The molecule has 0 heterocycles. The highest BCUT2D eigenvalue weighted by Gasteiger charge is 2.10. The quantitative estimate of drug-likeness (QED) is 0.730. The molecule has 0 spiro atoms. The fraction of sp³-hybridized carbons (Fsp3) is 0.143. The van der Waals surface area contributed by atoms with Gasteiger partial charge in [-0.1, -0.05) is 46.9 Å². The summed E-state index contributed by atoms with van der Waals surface area (Å²) in [7, 11) is 0. The van der Waals surface area contributed by atoms with Gasteiger partial charge in [0.15, 0.2) is 0 Å². The molecule has 0 aliphatic carbocycles. The van der Waals surface area contributed by atoms with Crippen LogP contribution in [0.15, 0.2) is 36.4 Å². The van der Waals surface area contributed by atoms with Crippen LogP contribution in [0.5, 0.6) is 5.75 Å². The average Bonchev–Trinajstić information content (AvgIpc) is 2.36. The maximum Gasteiger partial charge on any atom is 0.115 e. The van der Waals surface area contributed by atoms with E-state index in [1.54, 1.807) is 30.3 Å². The molecule has 0 aliphatic heterocycles. The lowest BCUT2D eigenvalue weighted by Gasteiger charge is -2.17. The summed E-state index contributed by atoms with van der Waals surface area (Å²) < 4.78 is 0. The minimum absolute atomic E-state index is 0.0261. The summed E-state index contributed by atoms with van der Waals surface area (Å²) in [5.74, 6) is 0.228. The van der Waals surface area contributed by atoms with Crippen molar-refractivity contribution in [3.63, 3.8) is 0 Å². The van der Waals surface area contributed by atoms with Crippen LogP contribution in [-0.2, 0) is 0 Å². The van der Waals surface area contributed by atoms with E-state index in [-0.39, 0.29) is 11.8 Å². The van der Waals surface area contributed by atoms with E-state index in [1.165, 1.54) is 0 Å². The Balaban J connectivity index is 2.24. The third kappa shape index (κ3) is 3.47. The number of halogens is 3. The zero-order valence-electron chi connectivity index (χ0n) is 10.1. The molecule has 100 valence electrons. The van der Waals surface area contributed by atoms with Gasteiger partial charge in [-0.3, -0.25) is 0 Å². The third-order valence-electron chi connectivity index (χ3n) is 2.75. The van der Waals surface area contributed by atoms with Gasteiger partial charge in [-0.25, -0.2) is 0 Å². The van der Waals surface area contributed by atoms with Gasteiger partial charge in [0.05, 0.1) is 20.8 Å². The SMILES string of the molecule is CC(Nc1cc(Cl)c(Cl)cc1Cl)c1cccc(O)c1. The highest BCUT2D eigenvalue weighted by molar-refractivity contribution is 6.44. The molecule has 0 aliphatic rings. The molecule has 0 saturated heterocycles. The summed E-state index contributed by atoms with van der Waals surface area (Å²) in [5.41, 5.74) is 1.65. The molecule has 0 amide bonds. The predicted octanol–water partition coefficient (Wildman–Crippen LogP) is 5.53. The molecule has 2 aromatic carbocycles. The lowest BCUT2D eigenvalue weighted by Crippen LogP contribution is -2.06. The topological polar surface area (TPSA) is 32.3 Å². The number of hydrogen-bond donors (Lipinski definition) is 2. The predicted molar refractivity (Wildman–Crippen MR) is 81.6 cm³/mol. The molecule has 0 saturated carbocycles. The second kappa shape index (κ2) is 5.91. The van der Waals surface area contributed by atoms with Crippen molar-refractivity contribution >= 4 is 40.5 Å². The maximum atomic E-state index is 9.47. The fourth-order valence-corrected chi connectivity index (χ4v) is 2.35. The van der Waals surface area contributed by atoms with Crippen molar-refractivity contribution in [1.82, 2.24) is 0 Å². The van der Waals surface area contributed by atoms with Crippen molar-refractivity contribution < 1.29 is 5.11 Å². The van der Waals surface area contributed by atoms with Crippen molar-refractivity contribution in [3.8, 4) is 5.75 Å². The van der Waals surface area contributed by atoms with Gasteiger partial charge >= 0.3 is 0 Å². The second-order valence-electron chi connectivity index (χ2n) is 4.21. The highest BCUT2D eigenvalue weighted by atomic mass is 35.5. The third-order valence-corrected chi connectivity index (χ3v) is 3.79. The molecule has 5 heteroatoms. The molecule has 2 nitrogen and oxygen atoms in total. The van der Waals surface area contributed by atoms with E-state index >= 15 is 0 Å². The number of rotatable bonds is 3. The number of nitrogens with one attached hydrogen (secondary N) is 1. The van der Waals surface area contributed by atoms with Crippen molar-refractivity contribution in [2.24, 2.45) is 0 Å². The molecule has 1 unspecified atom stereocenters. The molecule has 2 rings (SSSR count). The molecule has 0 fully saturated rings. The van der Waals surface area contributed by atoms with E-state index in [4.69, 9.17) is 34.8 Å². The minimum Gasteiger partial charge on any atom is -0.508 e. The van der Waals surface area contributed by atoms with E-state index < -0.39 is 0 Å². The molecule has 0 aromatic heterocycles. The van der Waals surface area contributed by atoms with Gasteiger partial charge in [0.25, 0.3) is 0 Å². The zero-order valence-corrected chi connectivity index (χ0v) is 12.4. The van der Waals surface area contributed by atoms with Crippen LogP contribution in [0.25, 0.3) is 0 Å². The van der Waals surface area contributed by atoms with Gasteiger partial charge in [-0.05, 0) is 36.8 Å². The number of benzene rings is 2. The van der Waals surface area contributed by atoms with E-state index in [0.29, 0.717) is 20.8 Å². The first-order chi connectivity index (χ1) is 8.97. The van der Waals surface area contributed by atoms with Crippen molar-refractivity contribution in [1.29, 1.82) is 0 Å². The summed E-state index contributed by atoms with van der Waals surface area (Å²) >= 11 is 18.0. The number of phenols is 1. The Morgan fingerprint density at radius 2 is 1.68 bits per heavy atom. The Morgan fingerprint density at radius 1 is 1.00 bits per heavy atom. The van der Waals surface area contributed by atoms with Crippen molar-refractivity contribution in [2.75, 3.05) is 5.32 Å². The molecule has 19 heavy (non-hydrogen) atoms. The number of hydrogen-bond acceptors (Lipinski definition) is 2. The van der Waals surface area contributed by atoms with Crippen LogP contribution in [0.1, 0.15) is 18.5 Å².